The highest BCUT2D eigenvalue weighted by Crippen LogP contribution is 2.07. The van der Waals surface area contributed by atoms with E-state index in [-0.39, 0.29) is 11.6 Å². The van der Waals surface area contributed by atoms with Gasteiger partial charge in [-0.15, -0.1) is 0 Å². The molecule has 0 aliphatic heterocycles. The van der Waals surface area contributed by atoms with E-state index in [0.717, 1.165) is 11.2 Å². The summed E-state index contributed by atoms with van der Waals surface area (Å²) in [5.74, 6) is 0. The standard InChI is InChI=1S/C11H14N2O/c1-8(2)13-9(3)7-12-6-4-5-10(12)11(13)14/h4-8H,1-3H3. The summed E-state index contributed by atoms with van der Waals surface area (Å²) < 4.78 is 3.69. The third kappa shape index (κ3) is 1.16. The van der Waals surface area contributed by atoms with E-state index < -0.39 is 0 Å². The van der Waals surface area contributed by atoms with Crippen molar-refractivity contribution in [3.63, 3.8) is 0 Å². The Labute approximate surface area is 82.6 Å². The molecule has 0 unspecified atom stereocenters. The van der Waals surface area contributed by atoms with Gasteiger partial charge in [0.15, 0.2) is 0 Å². The zero-order chi connectivity index (χ0) is 10.3. The molecular formula is C11H14N2O. The minimum absolute atomic E-state index is 0.0880. The van der Waals surface area contributed by atoms with E-state index in [2.05, 4.69) is 0 Å². The second-order valence-corrected chi connectivity index (χ2v) is 3.84. The number of aryl methyl sites for hydroxylation is 1. The van der Waals surface area contributed by atoms with Crippen molar-refractivity contribution in [2.75, 3.05) is 0 Å². The summed E-state index contributed by atoms with van der Waals surface area (Å²) in [4.78, 5) is 12.0. The zero-order valence-corrected chi connectivity index (χ0v) is 8.69. The summed E-state index contributed by atoms with van der Waals surface area (Å²) >= 11 is 0. The van der Waals surface area contributed by atoms with E-state index in [1.165, 1.54) is 0 Å². The van der Waals surface area contributed by atoms with E-state index in [0.29, 0.717) is 0 Å². The van der Waals surface area contributed by atoms with Gasteiger partial charge in [-0.05, 0) is 32.9 Å². The Morgan fingerprint density at radius 2 is 2.07 bits per heavy atom. The van der Waals surface area contributed by atoms with Gasteiger partial charge in [0.05, 0.1) is 0 Å². The van der Waals surface area contributed by atoms with Crippen LogP contribution in [0.25, 0.3) is 5.52 Å². The molecule has 0 amide bonds. The third-order valence-corrected chi connectivity index (χ3v) is 2.44. The second-order valence-electron chi connectivity index (χ2n) is 3.84. The molecule has 0 radical (unpaired) electrons. The topological polar surface area (TPSA) is 26.4 Å². The van der Waals surface area contributed by atoms with Gasteiger partial charge < -0.3 is 8.97 Å². The molecular weight excluding hydrogens is 176 g/mol. The monoisotopic (exact) mass is 190 g/mol. The van der Waals surface area contributed by atoms with E-state index in [1.54, 1.807) is 0 Å². The normalized spacial score (nSPS) is 11.4. The fraction of sp³-hybridized carbons (Fsp3) is 0.364. The summed E-state index contributed by atoms with van der Waals surface area (Å²) in [5.41, 5.74) is 1.82. The lowest BCUT2D eigenvalue weighted by atomic mass is 10.3. The molecule has 74 valence electrons. The van der Waals surface area contributed by atoms with Crippen molar-refractivity contribution in [1.29, 1.82) is 0 Å². The predicted molar refractivity (Wildman–Crippen MR) is 56.8 cm³/mol. The van der Waals surface area contributed by atoms with Crippen LogP contribution >= 0.6 is 0 Å². The lowest BCUT2D eigenvalue weighted by molar-refractivity contribution is 0.561. The Morgan fingerprint density at radius 3 is 2.71 bits per heavy atom. The van der Waals surface area contributed by atoms with Crippen molar-refractivity contribution in [3.05, 3.63) is 40.6 Å². The predicted octanol–water partition coefficient (Wildman–Crippen LogP) is 1.99. The van der Waals surface area contributed by atoms with Gasteiger partial charge in [0.25, 0.3) is 5.56 Å². The molecule has 0 spiro atoms. The fourth-order valence-electron chi connectivity index (χ4n) is 1.88. The van der Waals surface area contributed by atoms with Gasteiger partial charge in [-0.3, -0.25) is 4.79 Å². The lowest BCUT2D eigenvalue weighted by Crippen LogP contribution is -2.25. The summed E-state index contributed by atoms with van der Waals surface area (Å²) in [6.45, 7) is 6.00. The molecule has 0 fully saturated rings. The average Bonchev–Trinajstić information content (AvgIpc) is 2.50. The van der Waals surface area contributed by atoms with E-state index in [4.69, 9.17) is 0 Å². The van der Waals surface area contributed by atoms with Crippen LogP contribution in [0.2, 0.25) is 0 Å². The van der Waals surface area contributed by atoms with Crippen LogP contribution in [0.1, 0.15) is 25.6 Å². The van der Waals surface area contributed by atoms with Crippen molar-refractivity contribution in [2.45, 2.75) is 26.8 Å². The molecule has 2 heterocycles. The van der Waals surface area contributed by atoms with Crippen LogP contribution in [0.3, 0.4) is 0 Å². The quantitative estimate of drug-likeness (QED) is 0.675. The van der Waals surface area contributed by atoms with Gasteiger partial charge in [-0.2, -0.15) is 0 Å². The fourth-order valence-corrected chi connectivity index (χ4v) is 1.88. The van der Waals surface area contributed by atoms with Crippen LogP contribution in [0.4, 0.5) is 0 Å². The molecule has 2 aromatic rings. The number of hydrogen-bond donors (Lipinski definition) is 0. The summed E-state index contributed by atoms with van der Waals surface area (Å²) in [6.07, 6.45) is 3.88. The summed E-state index contributed by atoms with van der Waals surface area (Å²) in [7, 11) is 0. The Kier molecular flexibility index (Phi) is 1.95. The first-order valence-corrected chi connectivity index (χ1v) is 4.80. The lowest BCUT2D eigenvalue weighted by Gasteiger charge is -2.14. The van der Waals surface area contributed by atoms with Crippen LogP contribution in [0.15, 0.2) is 29.3 Å². The Bertz CT molecular complexity index is 520. The van der Waals surface area contributed by atoms with E-state index >= 15 is 0 Å². The third-order valence-electron chi connectivity index (χ3n) is 2.44. The van der Waals surface area contributed by atoms with E-state index in [9.17, 15) is 4.79 Å². The Morgan fingerprint density at radius 1 is 1.36 bits per heavy atom. The Balaban J connectivity index is 2.90. The minimum atomic E-state index is 0.0880. The molecule has 0 aliphatic rings. The van der Waals surface area contributed by atoms with Crippen molar-refractivity contribution >= 4 is 5.52 Å². The first-order chi connectivity index (χ1) is 6.61. The highest BCUT2D eigenvalue weighted by molar-refractivity contribution is 5.45. The first-order valence-electron chi connectivity index (χ1n) is 4.80. The molecule has 0 saturated heterocycles. The van der Waals surface area contributed by atoms with Crippen LogP contribution < -0.4 is 5.56 Å². The molecule has 0 atom stereocenters. The number of nitrogens with zero attached hydrogens (tertiary/aromatic N) is 2. The van der Waals surface area contributed by atoms with Crippen LogP contribution in [-0.4, -0.2) is 8.97 Å². The van der Waals surface area contributed by atoms with Gasteiger partial charge in [0.2, 0.25) is 0 Å². The van der Waals surface area contributed by atoms with Gasteiger partial charge in [-0.25, -0.2) is 0 Å². The molecule has 0 aromatic carbocycles. The molecule has 2 aromatic heterocycles. The molecule has 2 rings (SSSR count). The summed E-state index contributed by atoms with van der Waals surface area (Å²) in [5, 5.41) is 0. The molecule has 0 saturated carbocycles. The number of aromatic nitrogens is 2. The number of hydrogen-bond acceptors (Lipinski definition) is 1. The minimum Gasteiger partial charge on any atom is -0.317 e. The van der Waals surface area contributed by atoms with Gasteiger partial charge in [-0.1, -0.05) is 0 Å². The molecule has 3 heteroatoms. The smallest absolute Gasteiger partial charge is 0.275 e. The highest BCUT2D eigenvalue weighted by atomic mass is 16.1. The van der Waals surface area contributed by atoms with E-state index in [1.807, 2.05) is 54.3 Å². The van der Waals surface area contributed by atoms with Crippen LogP contribution in [0.5, 0.6) is 0 Å². The van der Waals surface area contributed by atoms with Crippen LogP contribution in [0, 0.1) is 6.92 Å². The largest absolute Gasteiger partial charge is 0.317 e. The Hall–Kier alpha value is -1.51. The molecule has 3 nitrogen and oxygen atoms in total. The average molecular weight is 190 g/mol. The van der Waals surface area contributed by atoms with Gasteiger partial charge >= 0.3 is 0 Å². The number of fused-ring (bicyclic) bond motifs is 1. The maximum Gasteiger partial charge on any atom is 0.275 e. The summed E-state index contributed by atoms with van der Waals surface area (Å²) in [6, 6.07) is 3.95. The molecule has 0 N–H and O–H groups in total. The zero-order valence-electron chi connectivity index (χ0n) is 8.69. The first kappa shape index (κ1) is 9.06. The number of rotatable bonds is 1. The molecule has 0 bridgehead atoms. The van der Waals surface area contributed by atoms with Crippen LogP contribution in [-0.2, 0) is 0 Å². The second kappa shape index (κ2) is 3.01. The van der Waals surface area contributed by atoms with Gasteiger partial charge in [0.1, 0.15) is 5.52 Å². The van der Waals surface area contributed by atoms with Crippen molar-refractivity contribution in [1.82, 2.24) is 8.97 Å². The molecule has 14 heavy (non-hydrogen) atoms. The van der Waals surface area contributed by atoms with Crippen molar-refractivity contribution in [2.24, 2.45) is 0 Å². The van der Waals surface area contributed by atoms with Crippen molar-refractivity contribution < 1.29 is 0 Å². The van der Waals surface area contributed by atoms with Gasteiger partial charge in [0, 0.05) is 24.1 Å². The molecule has 0 aliphatic carbocycles. The van der Waals surface area contributed by atoms with Crippen molar-refractivity contribution in [3.8, 4) is 0 Å². The SMILES string of the molecule is Cc1cn2cccc2c(=O)n1C(C)C. The highest BCUT2D eigenvalue weighted by Gasteiger charge is 2.08. The maximum absolute atomic E-state index is 12.0. The maximum atomic E-state index is 12.0.